The Morgan fingerprint density at radius 1 is 1.50 bits per heavy atom. The van der Waals surface area contributed by atoms with Crippen molar-refractivity contribution in [3.8, 4) is 0 Å². The molecule has 0 aliphatic rings. The van der Waals surface area contributed by atoms with E-state index in [1.54, 1.807) is 6.92 Å². The van der Waals surface area contributed by atoms with Gasteiger partial charge in [0, 0.05) is 6.04 Å². The number of halogens is 1. The average Bonchev–Trinajstić information content (AvgIpc) is 2.00. The van der Waals surface area contributed by atoms with Gasteiger partial charge < -0.3 is 4.90 Å². The van der Waals surface area contributed by atoms with E-state index in [1.807, 2.05) is 25.9 Å². The maximum absolute atomic E-state index is 11.3. The molecule has 0 aromatic rings. The monoisotopic (exact) mass is 189 g/mol. The number of ketones is 1. The minimum absolute atomic E-state index is 0.0378. The maximum atomic E-state index is 11.3. The van der Waals surface area contributed by atoms with E-state index in [1.165, 1.54) is 0 Å². The van der Waals surface area contributed by atoms with E-state index in [2.05, 4.69) is 6.58 Å². The minimum Gasteiger partial charge on any atom is -0.305 e. The quantitative estimate of drug-likeness (QED) is 0.496. The van der Waals surface area contributed by atoms with Gasteiger partial charge >= 0.3 is 0 Å². The highest BCUT2D eigenvalue weighted by atomic mass is 35.5. The fraction of sp³-hybridized carbons (Fsp3) is 0.667. The molecule has 0 radical (unpaired) electrons. The van der Waals surface area contributed by atoms with Gasteiger partial charge in [0.05, 0.1) is 0 Å². The Balaban J connectivity index is 4.29. The first-order valence-electron chi connectivity index (χ1n) is 3.88. The molecule has 0 bridgehead atoms. The number of alkyl halides is 1. The predicted octanol–water partition coefficient (Wildman–Crippen LogP) is 1.69. The largest absolute Gasteiger partial charge is 0.305 e. The standard InChI is InChI=1S/C9H16ClNO/c1-6(2)9(12)8(10)7(3)11(4)5/h7-8H,1H2,2-5H3. The van der Waals surface area contributed by atoms with Gasteiger partial charge in [-0.15, -0.1) is 11.6 Å². The minimum atomic E-state index is -0.488. The summed E-state index contributed by atoms with van der Waals surface area (Å²) in [6, 6.07) is 0.0378. The van der Waals surface area contributed by atoms with Crippen molar-refractivity contribution in [2.75, 3.05) is 14.1 Å². The molecule has 2 nitrogen and oxygen atoms in total. The number of nitrogens with zero attached hydrogens (tertiary/aromatic N) is 1. The van der Waals surface area contributed by atoms with Gasteiger partial charge in [-0.05, 0) is 33.5 Å². The molecule has 0 spiro atoms. The Morgan fingerprint density at radius 3 is 2.17 bits per heavy atom. The van der Waals surface area contributed by atoms with Crippen molar-refractivity contribution in [1.82, 2.24) is 4.90 Å². The van der Waals surface area contributed by atoms with Crippen molar-refractivity contribution in [2.24, 2.45) is 0 Å². The van der Waals surface area contributed by atoms with Crippen LogP contribution in [0, 0.1) is 0 Å². The van der Waals surface area contributed by atoms with E-state index in [0.717, 1.165) is 0 Å². The van der Waals surface area contributed by atoms with Crippen LogP contribution in [0.1, 0.15) is 13.8 Å². The molecule has 0 aromatic heterocycles. The van der Waals surface area contributed by atoms with E-state index in [9.17, 15) is 4.79 Å². The molecule has 0 aliphatic carbocycles. The van der Waals surface area contributed by atoms with E-state index in [0.29, 0.717) is 5.57 Å². The Hall–Kier alpha value is -0.340. The van der Waals surface area contributed by atoms with Crippen molar-refractivity contribution in [3.05, 3.63) is 12.2 Å². The third-order valence-electron chi connectivity index (χ3n) is 1.91. The fourth-order valence-electron chi connectivity index (χ4n) is 0.716. The lowest BCUT2D eigenvalue weighted by Gasteiger charge is -2.23. The van der Waals surface area contributed by atoms with Crippen molar-refractivity contribution in [2.45, 2.75) is 25.3 Å². The molecular formula is C9H16ClNO. The van der Waals surface area contributed by atoms with Gasteiger partial charge in [-0.3, -0.25) is 4.79 Å². The molecule has 0 saturated carbocycles. The van der Waals surface area contributed by atoms with E-state index in [-0.39, 0.29) is 11.8 Å². The van der Waals surface area contributed by atoms with Crippen LogP contribution >= 0.6 is 11.6 Å². The van der Waals surface area contributed by atoms with Gasteiger partial charge in [0.1, 0.15) is 5.38 Å². The van der Waals surface area contributed by atoms with Crippen molar-refractivity contribution in [3.63, 3.8) is 0 Å². The average molecular weight is 190 g/mol. The third kappa shape index (κ3) is 2.95. The van der Waals surface area contributed by atoms with Crippen LogP contribution < -0.4 is 0 Å². The summed E-state index contributed by atoms with van der Waals surface area (Å²) < 4.78 is 0. The molecule has 0 heterocycles. The molecule has 0 saturated heterocycles. The molecule has 70 valence electrons. The molecule has 0 amide bonds. The summed E-state index contributed by atoms with van der Waals surface area (Å²) >= 11 is 5.92. The van der Waals surface area contributed by atoms with E-state index >= 15 is 0 Å². The molecule has 3 heteroatoms. The number of hydrogen-bond acceptors (Lipinski definition) is 2. The summed E-state index contributed by atoms with van der Waals surface area (Å²) in [5.41, 5.74) is 0.517. The summed E-state index contributed by atoms with van der Waals surface area (Å²) in [6.45, 7) is 7.16. The number of allylic oxidation sites excluding steroid dienone is 1. The first-order valence-corrected chi connectivity index (χ1v) is 4.31. The fourth-order valence-corrected chi connectivity index (χ4v) is 1.13. The zero-order chi connectivity index (χ0) is 9.89. The second-order valence-electron chi connectivity index (χ2n) is 3.25. The summed E-state index contributed by atoms with van der Waals surface area (Å²) in [6.07, 6.45) is 0. The summed E-state index contributed by atoms with van der Waals surface area (Å²) in [5, 5.41) is -0.488. The number of Topliss-reactive ketones (excluding diaryl/α,β-unsaturated/α-hetero) is 1. The topological polar surface area (TPSA) is 20.3 Å². The van der Waals surface area contributed by atoms with Crippen molar-refractivity contribution >= 4 is 17.4 Å². The third-order valence-corrected chi connectivity index (χ3v) is 2.47. The molecule has 0 fully saturated rings. The summed E-state index contributed by atoms with van der Waals surface area (Å²) in [7, 11) is 3.79. The first-order chi connectivity index (χ1) is 5.37. The van der Waals surface area contributed by atoms with Crippen LogP contribution in [0.15, 0.2) is 12.2 Å². The van der Waals surface area contributed by atoms with Crippen LogP contribution in [-0.2, 0) is 4.79 Å². The van der Waals surface area contributed by atoms with Gasteiger partial charge in [-0.1, -0.05) is 6.58 Å². The van der Waals surface area contributed by atoms with Gasteiger partial charge in [0.25, 0.3) is 0 Å². The van der Waals surface area contributed by atoms with Gasteiger partial charge in [0.15, 0.2) is 5.78 Å². The number of carbonyl (C=O) groups is 1. The summed E-state index contributed by atoms with van der Waals surface area (Å²) in [4.78, 5) is 13.2. The number of rotatable bonds is 4. The van der Waals surface area contributed by atoms with Crippen LogP contribution in [0.3, 0.4) is 0 Å². The number of carbonyl (C=O) groups excluding carboxylic acids is 1. The highest BCUT2D eigenvalue weighted by molar-refractivity contribution is 6.34. The van der Waals surface area contributed by atoms with Crippen molar-refractivity contribution in [1.29, 1.82) is 0 Å². The Kier molecular flexibility index (Phi) is 4.50. The Labute approximate surface area is 79.2 Å². The molecule has 0 aliphatic heterocycles. The lowest BCUT2D eigenvalue weighted by Crippen LogP contribution is -2.38. The molecular weight excluding hydrogens is 174 g/mol. The lowest BCUT2D eigenvalue weighted by atomic mass is 10.1. The molecule has 0 N–H and O–H groups in total. The molecule has 2 unspecified atom stereocenters. The Morgan fingerprint density at radius 2 is 1.92 bits per heavy atom. The van der Waals surface area contributed by atoms with E-state index < -0.39 is 5.38 Å². The molecule has 2 atom stereocenters. The van der Waals surface area contributed by atoms with Crippen molar-refractivity contribution < 1.29 is 4.79 Å². The number of hydrogen-bond donors (Lipinski definition) is 0. The smallest absolute Gasteiger partial charge is 0.177 e. The molecule has 12 heavy (non-hydrogen) atoms. The predicted molar refractivity (Wildman–Crippen MR) is 52.6 cm³/mol. The van der Waals surface area contributed by atoms with Gasteiger partial charge in [-0.2, -0.15) is 0 Å². The Bertz CT molecular complexity index is 189. The normalized spacial score (nSPS) is 15.8. The van der Waals surface area contributed by atoms with Crippen LogP contribution in [0.4, 0.5) is 0 Å². The second-order valence-corrected chi connectivity index (χ2v) is 3.72. The molecule has 0 aromatic carbocycles. The van der Waals surface area contributed by atoms with Crippen LogP contribution in [-0.4, -0.2) is 36.2 Å². The van der Waals surface area contributed by atoms with Gasteiger partial charge in [0.2, 0.25) is 0 Å². The van der Waals surface area contributed by atoms with Gasteiger partial charge in [-0.25, -0.2) is 0 Å². The lowest BCUT2D eigenvalue weighted by molar-refractivity contribution is -0.116. The van der Waals surface area contributed by atoms with E-state index in [4.69, 9.17) is 11.6 Å². The second kappa shape index (κ2) is 4.63. The summed E-state index contributed by atoms with van der Waals surface area (Å²) in [5.74, 6) is -0.0714. The highest BCUT2D eigenvalue weighted by Gasteiger charge is 2.23. The molecule has 0 rings (SSSR count). The highest BCUT2D eigenvalue weighted by Crippen LogP contribution is 2.12. The zero-order valence-electron chi connectivity index (χ0n) is 8.10. The maximum Gasteiger partial charge on any atom is 0.177 e. The van der Waals surface area contributed by atoms with Crippen LogP contribution in [0.5, 0.6) is 0 Å². The zero-order valence-corrected chi connectivity index (χ0v) is 8.85. The van der Waals surface area contributed by atoms with Crippen LogP contribution in [0.25, 0.3) is 0 Å². The SMILES string of the molecule is C=C(C)C(=O)C(Cl)C(C)N(C)C. The first kappa shape index (κ1) is 11.7. The van der Waals surface area contributed by atoms with Crippen LogP contribution in [0.2, 0.25) is 0 Å².